The summed E-state index contributed by atoms with van der Waals surface area (Å²) >= 11 is 0. The van der Waals surface area contributed by atoms with Crippen LogP contribution in [-0.2, 0) is 0 Å². The number of aromatic amines is 2. The molecule has 1 fully saturated rings. The van der Waals surface area contributed by atoms with Crippen LogP contribution >= 0.6 is 0 Å². The summed E-state index contributed by atoms with van der Waals surface area (Å²) in [6.45, 7) is 3.21. The molecule has 0 aromatic carbocycles. The lowest BCUT2D eigenvalue weighted by molar-refractivity contribution is -0.392. The normalized spacial score (nSPS) is 16.1. The van der Waals surface area contributed by atoms with E-state index in [4.69, 9.17) is 14.7 Å². The number of nitrogens with zero attached hydrogens (tertiary/aromatic N) is 5. The number of hydrogen-bond acceptors (Lipinski definition) is 8. The second-order valence-electron chi connectivity index (χ2n) is 7.47. The van der Waals surface area contributed by atoms with Gasteiger partial charge in [-0.1, -0.05) is 0 Å². The molecule has 31 heavy (non-hydrogen) atoms. The largest absolute Gasteiger partial charge is 0.448 e. The quantitative estimate of drug-likeness (QED) is 0.447. The highest BCUT2D eigenvalue weighted by molar-refractivity contribution is 5.92. The molecule has 0 bridgehead atoms. The summed E-state index contributed by atoms with van der Waals surface area (Å²) in [5.41, 5.74) is 4.64. The van der Waals surface area contributed by atoms with Crippen LogP contribution in [0.4, 0.5) is 17.2 Å². The van der Waals surface area contributed by atoms with Crippen molar-refractivity contribution in [2.75, 3.05) is 30.4 Å². The van der Waals surface area contributed by atoms with Crippen molar-refractivity contribution in [3.8, 4) is 17.1 Å². The fourth-order valence-electron chi connectivity index (χ4n) is 3.77. The Kier molecular flexibility index (Phi) is 4.83. The molecule has 4 aromatic rings. The number of rotatable bonds is 5. The van der Waals surface area contributed by atoms with E-state index < -0.39 is 0 Å². The lowest BCUT2D eigenvalue weighted by Gasteiger charge is -2.20. The van der Waals surface area contributed by atoms with Gasteiger partial charge in [0.2, 0.25) is 0 Å². The van der Waals surface area contributed by atoms with Crippen LogP contribution in [-0.4, -0.2) is 56.3 Å². The number of aromatic nitrogens is 6. The molecule has 0 spiro atoms. The van der Waals surface area contributed by atoms with E-state index in [9.17, 15) is 5.11 Å². The minimum absolute atomic E-state index is 0.323. The minimum atomic E-state index is -0.323. The van der Waals surface area contributed by atoms with E-state index in [0.29, 0.717) is 35.4 Å². The topological polar surface area (TPSA) is 126 Å². The first-order valence-electron chi connectivity index (χ1n) is 10.0. The molecule has 0 aliphatic carbocycles. The average molecular weight is 419 g/mol. The molecule has 0 amide bonds. The predicted octanol–water partition coefficient (Wildman–Crippen LogP) is 1.86. The van der Waals surface area contributed by atoms with Gasteiger partial charge in [-0.05, 0) is 25.5 Å². The van der Waals surface area contributed by atoms with E-state index in [0.717, 1.165) is 35.4 Å². The van der Waals surface area contributed by atoms with Crippen molar-refractivity contribution >= 4 is 28.4 Å². The molecular weight excluding hydrogens is 396 g/mol. The monoisotopic (exact) mass is 419 g/mol. The standard InChI is InChI=1S/C21H22N8O2/c1-12-26-18(19-21(27-12)25-11-24-19)16-7-14(29-6-5-15(30)10-29)9-23-20(16)28-13-3-4-17(31-2)22-8-13/h3-4,7-9,11,15,30H,5-6,10H2,1-2H3,(H,23,28)(H,24,25,26,27)/p+1. The van der Waals surface area contributed by atoms with Crippen LogP contribution in [0, 0.1) is 6.92 Å². The Morgan fingerprint density at radius 3 is 2.94 bits per heavy atom. The number of aliphatic hydroxyl groups excluding tert-OH is 1. The van der Waals surface area contributed by atoms with E-state index in [1.54, 1.807) is 13.4 Å². The number of imidazole rings is 1. The molecule has 10 heteroatoms. The molecule has 4 aromatic heterocycles. The Morgan fingerprint density at radius 2 is 2.19 bits per heavy atom. The number of methoxy groups -OCH3 is 1. The molecule has 5 rings (SSSR count). The van der Waals surface area contributed by atoms with Gasteiger partial charge in [0.25, 0.3) is 0 Å². The van der Waals surface area contributed by atoms with E-state index in [1.807, 2.05) is 37.5 Å². The first-order chi connectivity index (χ1) is 15.1. The summed E-state index contributed by atoms with van der Waals surface area (Å²) in [5, 5.41) is 13.3. The smallest absolute Gasteiger partial charge is 0.365 e. The Hall–Kier alpha value is -3.79. The third-order valence-corrected chi connectivity index (χ3v) is 5.32. The summed E-state index contributed by atoms with van der Waals surface area (Å²) in [5.74, 6) is 1.93. The van der Waals surface area contributed by atoms with Crippen molar-refractivity contribution in [1.82, 2.24) is 24.9 Å². The zero-order chi connectivity index (χ0) is 21.4. The van der Waals surface area contributed by atoms with Crippen molar-refractivity contribution in [1.29, 1.82) is 0 Å². The second-order valence-corrected chi connectivity index (χ2v) is 7.47. The Morgan fingerprint density at radius 1 is 1.29 bits per heavy atom. The molecule has 0 radical (unpaired) electrons. The maximum absolute atomic E-state index is 9.97. The number of aryl methyl sites for hydroxylation is 1. The van der Waals surface area contributed by atoms with Gasteiger partial charge in [0, 0.05) is 18.7 Å². The number of anilines is 3. The number of ether oxygens (including phenoxy) is 1. The van der Waals surface area contributed by atoms with E-state index in [2.05, 4.69) is 30.2 Å². The zero-order valence-electron chi connectivity index (χ0n) is 17.3. The molecule has 1 aliphatic rings. The number of nitrogens with one attached hydrogen (secondary N) is 3. The van der Waals surface area contributed by atoms with Gasteiger partial charge in [0.1, 0.15) is 28.5 Å². The first-order valence-corrected chi connectivity index (χ1v) is 10.0. The van der Waals surface area contributed by atoms with Gasteiger partial charge in [0.15, 0.2) is 11.8 Å². The van der Waals surface area contributed by atoms with Crippen molar-refractivity contribution in [2.24, 2.45) is 0 Å². The Labute approximate surface area is 178 Å². The van der Waals surface area contributed by atoms with Crippen LogP contribution in [0.3, 0.4) is 0 Å². The Balaban J connectivity index is 1.62. The number of hydrogen-bond donors (Lipinski definition) is 3. The van der Waals surface area contributed by atoms with E-state index in [1.165, 1.54) is 0 Å². The fourth-order valence-corrected chi connectivity index (χ4v) is 3.77. The van der Waals surface area contributed by atoms with Gasteiger partial charge in [-0.15, -0.1) is 0 Å². The van der Waals surface area contributed by atoms with Crippen LogP contribution in [0.1, 0.15) is 12.2 Å². The van der Waals surface area contributed by atoms with Crippen LogP contribution in [0.15, 0.2) is 36.9 Å². The second kappa shape index (κ2) is 7.80. The molecular formula is C21H23N8O2+. The third kappa shape index (κ3) is 3.73. The first kappa shape index (κ1) is 19.2. The number of H-pyrrole nitrogens is 2. The van der Waals surface area contributed by atoms with Gasteiger partial charge < -0.3 is 25.0 Å². The van der Waals surface area contributed by atoms with E-state index in [-0.39, 0.29) is 6.10 Å². The van der Waals surface area contributed by atoms with Gasteiger partial charge in [0.05, 0.1) is 37.5 Å². The molecule has 1 saturated heterocycles. The maximum atomic E-state index is 9.97. The summed E-state index contributed by atoms with van der Waals surface area (Å²) in [4.78, 5) is 26.5. The number of β-amino-alcohol motifs (C(OH)–C–C–N with tert-alkyl or cyclic N) is 1. The highest BCUT2D eigenvalue weighted by Crippen LogP contribution is 2.34. The van der Waals surface area contributed by atoms with Crippen molar-refractivity contribution < 1.29 is 14.8 Å². The molecule has 1 unspecified atom stereocenters. The Bertz CT molecular complexity index is 1220. The number of aliphatic hydroxyl groups is 1. The summed E-state index contributed by atoms with van der Waals surface area (Å²) in [6.07, 6.45) is 5.66. The molecule has 5 heterocycles. The summed E-state index contributed by atoms with van der Waals surface area (Å²) < 4.78 is 5.19. The van der Waals surface area contributed by atoms with Crippen molar-refractivity contribution in [2.45, 2.75) is 19.4 Å². The van der Waals surface area contributed by atoms with Gasteiger partial charge in [-0.3, -0.25) is 0 Å². The molecule has 1 atom stereocenters. The molecule has 0 saturated carbocycles. The molecule has 4 N–H and O–H groups in total. The van der Waals surface area contributed by atoms with Gasteiger partial charge in [-0.25, -0.2) is 19.9 Å². The van der Waals surface area contributed by atoms with E-state index >= 15 is 0 Å². The zero-order valence-corrected chi connectivity index (χ0v) is 17.3. The highest BCUT2D eigenvalue weighted by atomic mass is 16.5. The fraction of sp³-hybridized carbons (Fsp3) is 0.286. The van der Waals surface area contributed by atoms with Crippen LogP contribution < -0.4 is 19.9 Å². The molecule has 158 valence electrons. The molecule has 10 nitrogen and oxygen atoms in total. The maximum Gasteiger partial charge on any atom is 0.365 e. The average Bonchev–Trinajstić information content (AvgIpc) is 3.43. The number of pyridine rings is 2. The van der Waals surface area contributed by atoms with Crippen molar-refractivity contribution in [3.63, 3.8) is 0 Å². The highest BCUT2D eigenvalue weighted by Gasteiger charge is 2.23. The van der Waals surface area contributed by atoms with Gasteiger partial charge in [-0.2, -0.15) is 4.98 Å². The summed E-state index contributed by atoms with van der Waals surface area (Å²) in [7, 11) is 1.61. The lowest BCUT2D eigenvalue weighted by Crippen LogP contribution is -2.21. The SMILES string of the molecule is COc1ccc(Nc2ncc(N3CCC(O)C3)cc2-c2nc(C)nc3nc[nH]c23)c[nH+]1. The molecule has 1 aliphatic heterocycles. The number of fused-ring (bicyclic) bond motifs is 1. The predicted molar refractivity (Wildman–Crippen MR) is 115 cm³/mol. The third-order valence-electron chi connectivity index (χ3n) is 5.32. The minimum Gasteiger partial charge on any atom is -0.448 e. The van der Waals surface area contributed by atoms with Crippen LogP contribution in [0.25, 0.3) is 22.4 Å². The van der Waals surface area contributed by atoms with Crippen LogP contribution in [0.2, 0.25) is 0 Å². The lowest BCUT2D eigenvalue weighted by atomic mass is 10.1. The van der Waals surface area contributed by atoms with Crippen molar-refractivity contribution in [3.05, 3.63) is 42.7 Å². The van der Waals surface area contributed by atoms with Crippen LogP contribution in [0.5, 0.6) is 5.88 Å². The summed E-state index contributed by atoms with van der Waals surface area (Å²) in [6, 6.07) is 5.79. The van der Waals surface area contributed by atoms with Gasteiger partial charge >= 0.3 is 5.88 Å².